The van der Waals surface area contributed by atoms with E-state index in [0.29, 0.717) is 11.3 Å². The summed E-state index contributed by atoms with van der Waals surface area (Å²) in [4.78, 5) is 7.34. The van der Waals surface area contributed by atoms with Crippen LogP contribution in [-0.4, -0.2) is 63.5 Å². The number of hydrogen-bond donors (Lipinski definition) is 1. The zero-order chi connectivity index (χ0) is 16.7. The van der Waals surface area contributed by atoms with E-state index in [1.807, 2.05) is 0 Å². The highest BCUT2D eigenvalue weighted by Crippen LogP contribution is 2.45. The molecule has 2 heterocycles. The third kappa shape index (κ3) is 6.24. The van der Waals surface area contributed by atoms with E-state index in [1.54, 1.807) is 0 Å². The second-order valence-corrected chi connectivity index (χ2v) is 7.77. The van der Waals surface area contributed by atoms with E-state index in [9.17, 15) is 0 Å². The number of likely N-dealkylation sites (tertiary alicyclic amines) is 1. The minimum atomic E-state index is 0. The van der Waals surface area contributed by atoms with Gasteiger partial charge in [-0.2, -0.15) is 0 Å². The Morgan fingerprint density at radius 2 is 2.16 bits per heavy atom. The molecule has 1 aliphatic carbocycles. The molecule has 25 heavy (non-hydrogen) atoms. The van der Waals surface area contributed by atoms with E-state index >= 15 is 0 Å². The van der Waals surface area contributed by atoms with Crippen LogP contribution in [0.15, 0.2) is 4.99 Å². The fourth-order valence-corrected chi connectivity index (χ4v) is 4.39. The van der Waals surface area contributed by atoms with Crippen LogP contribution in [0.2, 0.25) is 0 Å². The normalized spacial score (nSPS) is 25.6. The molecule has 0 bridgehead atoms. The van der Waals surface area contributed by atoms with Crippen LogP contribution in [0.25, 0.3) is 0 Å². The van der Waals surface area contributed by atoms with E-state index in [1.165, 1.54) is 45.2 Å². The molecule has 1 saturated carbocycles. The summed E-state index contributed by atoms with van der Waals surface area (Å²) in [6, 6.07) is 0. The van der Waals surface area contributed by atoms with Crippen LogP contribution in [0.4, 0.5) is 0 Å². The van der Waals surface area contributed by atoms with Crippen LogP contribution in [0.3, 0.4) is 0 Å². The molecule has 1 N–H and O–H groups in total. The lowest BCUT2D eigenvalue weighted by molar-refractivity contribution is 0.0893. The van der Waals surface area contributed by atoms with Gasteiger partial charge in [0.2, 0.25) is 0 Å². The standard InChI is InChI=1S/C19H35N3O2.HI/c1-2-20-18(22-11-9-19(16-22)7-3-4-8-19)21-10-5-12-23-14-17-6-13-24-15-17;/h17H,2-16H2,1H3,(H,20,21);1H. The molecule has 0 aromatic heterocycles. The number of nitrogens with zero attached hydrogens (tertiary/aromatic N) is 2. The van der Waals surface area contributed by atoms with Crippen molar-refractivity contribution in [3.8, 4) is 0 Å². The molecule has 2 saturated heterocycles. The van der Waals surface area contributed by atoms with Crippen molar-refractivity contribution in [2.45, 2.75) is 51.9 Å². The predicted octanol–water partition coefficient (Wildman–Crippen LogP) is 3.28. The maximum absolute atomic E-state index is 5.78. The topological polar surface area (TPSA) is 46.1 Å². The number of ether oxygens (including phenoxy) is 2. The molecular formula is C19H36IN3O2. The Bertz CT molecular complexity index is 407. The molecule has 3 fully saturated rings. The monoisotopic (exact) mass is 465 g/mol. The van der Waals surface area contributed by atoms with Gasteiger partial charge >= 0.3 is 0 Å². The summed E-state index contributed by atoms with van der Waals surface area (Å²) in [5, 5.41) is 3.49. The number of nitrogens with one attached hydrogen (secondary N) is 1. The van der Waals surface area contributed by atoms with Gasteiger partial charge in [0, 0.05) is 45.3 Å². The fraction of sp³-hybridized carbons (Fsp3) is 0.947. The highest BCUT2D eigenvalue weighted by Gasteiger charge is 2.41. The molecule has 3 rings (SSSR count). The highest BCUT2D eigenvalue weighted by molar-refractivity contribution is 14.0. The van der Waals surface area contributed by atoms with Crippen molar-refractivity contribution >= 4 is 29.9 Å². The first-order valence-electron chi connectivity index (χ1n) is 10.0. The molecule has 5 nitrogen and oxygen atoms in total. The Hall–Kier alpha value is -0.0800. The SMILES string of the molecule is CCNC(=NCCCOCC1CCOC1)N1CCC2(CCCC2)C1.I. The molecule has 1 atom stereocenters. The van der Waals surface area contributed by atoms with Gasteiger partial charge in [-0.25, -0.2) is 0 Å². The van der Waals surface area contributed by atoms with Crippen LogP contribution >= 0.6 is 24.0 Å². The van der Waals surface area contributed by atoms with E-state index in [-0.39, 0.29) is 24.0 Å². The first-order valence-corrected chi connectivity index (χ1v) is 10.0. The molecule has 0 amide bonds. The van der Waals surface area contributed by atoms with Gasteiger partial charge in [-0.15, -0.1) is 24.0 Å². The van der Waals surface area contributed by atoms with Crippen molar-refractivity contribution < 1.29 is 9.47 Å². The molecule has 1 spiro atoms. The van der Waals surface area contributed by atoms with Gasteiger partial charge in [0.15, 0.2) is 5.96 Å². The largest absolute Gasteiger partial charge is 0.381 e. The maximum Gasteiger partial charge on any atom is 0.193 e. The van der Waals surface area contributed by atoms with Gasteiger partial charge < -0.3 is 19.7 Å². The second kappa shape index (κ2) is 10.9. The number of halogens is 1. The van der Waals surface area contributed by atoms with Crippen molar-refractivity contribution in [2.24, 2.45) is 16.3 Å². The molecule has 0 radical (unpaired) electrons. The molecule has 0 aromatic carbocycles. The van der Waals surface area contributed by atoms with Gasteiger partial charge in [-0.3, -0.25) is 4.99 Å². The van der Waals surface area contributed by atoms with Gasteiger partial charge in [0.1, 0.15) is 0 Å². The Morgan fingerprint density at radius 1 is 1.32 bits per heavy atom. The molecule has 6 heteroatoms. The van der Waals surface area contributed by atoms with Gasteiger partial charge in [-0.05, 0) is 44.4 Å². The van der Waals surface area contributed by atoms with E-state index in [4.69, 9.17) is 14.5 Å². The van der Waals surface area contributed by atoms with E-state index in [0.717, 1.165) is 58.3 Å². The lowest BCUT2D eigenvalue weighted by Crippen LogP contribution is -2.41. The van der Waals surface area contributed by atoms with Crippen molar-refractivity contribution in [2.75, 3.05) is 52.6 Å². The highest BCUT2D eigenvalue weighted by atomic mass is 127. The second-order valence-electron chi connectivity index (χ2n) is 7.77. The number of rotatable bonds is 7. The summed E-state index contributed by atoms with van der Waals surface area (Å²) in [5.74, 6) is 1.73. The van der Waals surface area contributed by atoms with Gasteiger partial charge in [0.25, 0.3) is 0 Å². The van der Waals surface area contributed by atoms with Crippen molar-refractivity contribution in [3.63, 3.8) is 0 Å². The summed E-state index contributed by atoms with van der Waals surface area (Å²) < 4.78 is 11.2. The summed E-state index contributed by atoms with van der Waals surface area (Å²) in [6.07, 6.45) is 9.18. The molecular weight excluding hydrogens is 429 g/mol. The third-order valence-corrected chi connectivity index (χ3v) is 5.82. The molecule has 1 unspecified atom stereocenters. The average Bonchev–Trinajstić information content (AvgIpc) is 3.34. The summed E-state index contributed by atoms with van der Waals surface area (Å²) in [6.45, 7) is 9.77. The van der Waals surface area contributed by atoms with Gasteiger partial charge in [-0.1, -0.05) is 12.8 Å². The summed E-state index contributed by atoms with van der Waals surface area (Å²) in [7, 11) is 0. The lowest BCUT2D eigenvalue weighted by atomic mass is 9.86. The van der Waals surface area contributed by atoms with Crippen LogP contribution in [0.5, 0.6) is 0 Å². The summed E-state index contributed by atoms with van der Waals surface area (Å²) in [5.41, 5.74) is 0.600. The third-order valence-electron chi connectivity index (χ3n) is 5.82. The molecule has 146 valence electrons. The van der Waals surface area contributed by atoms with Crippen LogP contribution in [0.1, 0.15) is 51.9 Å². The summed E-state index contributed by atoms with van der Waals surface area (Å²) >= 11 is 0. The Morgan fingerprint density at radius 3 is 2.88 bits per heavy atom. The average molecular weight is 465 g/mol. The van der Waals surface area contributed by atoms with Crippen LogP contribution in [0, 0.1) is 11.3 Å². The maximum atomic E-state index is 5.78. The Kier molecular flexibility index (Phi) is 9.27. The molecule has 3 aliphatic rings. The number of aliphatic imine (C=N–C) groups is 1. The Labute approximate surface area is 170 Å². The first kappa shape index (κ1) is 21.2. The van der Waals surface area contributed by atoms with Crippen molar-refractivity contribution in [1.29, 1.82) is 0 Å². The smallest absolute Gasteiger partial charge is 0.193 e. The van der Waals surface area contributed by atoms with Crippen LogP contribution < -0.4 is 5.32 Å². The molecule has 2 aliphatic heterocycles. The van der Waals surface area contributed by atoms with Crippen LogP contribution in [-0.2, 0) is 9.47 Å². The predicted molar refractivity (Wildman–Crippen MR) is 113 cm³/mol. The number of guanidine groups is 1. The first-order chi connectivity index (χ1) is 11.8. The zero-order valence-electron chi connectivity index (χ0n) is 15.8. The van der Waals surface area contributed by atoms with E-state index < -0.39 is 0 Å². The minimum Gasteiger partial charge on any atom is -0.381 e. The fourth-order valence-electron chi connectivity index (χ4n) is 4.39. The van der Waals surface area contributed by atoms with E-state index in [2.05, 4.69) is 17.1 Å². The quantitative estimate of drug-likeness (QED) is 0.271. The minimum absolute atomic E-state index is 0. The molecule has 0 aromatic rings. The number of hydrogen-bond acceptors (Lipinski definition) is 3. The lowest BCUT2D eigenvalue weighted by Gasteiger charge is -2.26. The van der Waals surface area contributed by atoms with Gasteiger partial charge in [0.05, 0.1) is 13.2 Å². The van der Waals surface area contributed by atoms with Crippen molar-refractivity contribution in [1.82, 2.24) is 10.2 Å². The Balaban J connectivity index is 0.00000225. The van der Waals surface area contributed by atoms with Crippen molar-refractivity contribution in [3.05, 3.63) is 0 Å². The zero-order valence-corrected chi connectivity index (χ0v) is 18.1.